The van der Waals surface area contributed by atoms with Crippen LogP contribution in [0.5, 0.6) is 11.5 Å². The van der Waals surface area contributed by atoms with Crippen molar-refractivity contribution < 1.29 is 27.4 Å². The number of aromatic nitrogens is 5. The topological polar surface area (TPSA) is 140 Å². The molecule has 1 aliphatic rings. The summed E-state index contributed by atoms with van der Waals surface area (Å²) >= 11 is 5.89. The van der Waals surface area contributed by atoms with Crippen molar-refractivity contribution in [1.82, 2.24) is 24.7 Å². The molecule has 4 atom stereocenters. The summed E-state index contributed by atoms with van der Waals surface area (Å²) in [5.74, 6) is 1.64. The van der Waals surface area contributed by atoms with Crippen LogP contribution in [0.2, 0.25) is 5.02 Å². The van der Waals surface area contributed by atoms with Crippen LogP contribution in [0.4, 0.5) is 5.95 Å². The van der Waals surface area contributed by atoms with Gasteiger partial charge in [0.2, 0.25) is 16.0 Å². The Bertz CT molecular complexity index is 1330. The zero-order chi connectivity index (χ0) is 27.4. The molecule has 1 saturated carbocycles. The average Bonchev–Trinajstić information content (AvgIpc) is 3.56. The molecule has 1 aromatic carbocycles. The zero-order valence-electron chi connectivity index (χ0n) is 21.8. The van der Waals surface area contributed by atoms with Gasteiger partial charge < -0.3 is 18.9 Å². The van der Waals surface area contributed by atoms with E-state index >= 15 is 0 Å². The second kappa shape index (κ2) is 11.8. The third kappa shape index (κ3) is 5.55. The number of anilines is 1. The number of halogens is 1. The summed E-state index contributed by atoms with van der Waals surface area (Å²) < 4.78 is 53.8. The van der Waals surface area contributed by atoms with E-state index in [1.165, 1.54) is 40.6 Å². The highest BCUT2D eigenvalue weighted by molar-refractivity contribution is 7.93. The van der Waals surface area contributed by atoms with E-state index in [4.69, 9.17) is 30.5 Å². The largest absolute Gasteiger partial charge is 0.494 e. The minimum atomic E-state index is -4.10. The summed E-state index contributed by atoms with van der Waals surface area (Å²) in [6.45, 7) is 1.50. The number of benzene rings is 1. The molecule has 0 radical (unpaired) electrons. The number of hydrogen-bond donors (Lipinski definition) is 1. The van der Waals surface area contributed by atoms with E-state index in [1.54, 1.807) is 29.9 Å². The van der Waals surface area contributed by atoms with Gasteiger partial charge >= 0.3 is 0 Å². The summed E-state index contributed by atoms with van der Waals surface area (Å²) in [5.41, 5.74) is 0.480. The predicted octanol–water partition coefficient (Wildman–Crippen LogP) is 3.53. The normalized spacial score (nSPS) is 19.2. The second-order valence-electron chi connectivity index (χ2n) is 8.86. The van der Waals surface area contributed by atoms with Crippen LogP contribution < -0.4 is 14.2 Å². The van der Waals surface area contributed by atoms with E-state index in [2.05, 4.69) is 24.9 Å². The van der Waals surface area contributed by atoms with E-state index in [1.807, 2.05) is 0 Å². The average molecular weight is 567 g/mol. The van der Waals surface area contributed by atoms with Crippen LogP contribution in [0, 0.1) is 0 Å². The molecule has 0 unspecified atom stereocenters. The minimum Gasteiger partial charge on any atom is -0.494 e. The zero-order valence-corrected chi connectivity index (χ0v) is 23.4. The molecule has 0 spiro atoms. The van der Waals surface area contributed by atoms with Gasteiger partial charge in [0.05, 0.1) is 25.3 Å². The van der Waals surface area contributed by atoms with Crippen LogP contribution in [-0.2, 0) is 19.5 Å². The monoisotopic (exact) mass is 566 g/mol. The summed E-state index contributed by atoms with van der Waals surface area (Å²) in [7, 11) is 2.03. The van der Waals surface area contributed by atoms with Crippen molar-refractivity contribution in [1.29, 1.82) is 0 Å². The first-order valence-corrected chi connectivity index (χ1v) is 13.9. The number of sulfonamides is 1. The maximum Gasteiger partial charge on any atom is 0.243 e. The van der Waals surface area contributed by atoms with E-state index in [0.717, 1.165) is 19.3 Å². The first-order chi connectivity index (χ1) is 18.2. The lowest BCUT2D eigenvalue weighted by Crippen LogP contribution is -2.33. The van der Waals surface area contributed by atoms with Gasteiger partial charge in [0.15, 0.2) is 5.82 Å². The summed E-state index contributed by atoms with van der Waals surface area (Å²) in [6, 6.07) is 5.30. The molecule has 12 nitrogen and oxygen atoms in total. The Morgan fingerprint density at radius 1 is 1.05 bits per heavy atom. The molecule has 14 heteroatoms. The number of nitrogens with one attached hydrogen (secondary N) is 1. The van der Waals surface area contributed by atoms with Crippen LogP contribution in [0.1, 0.15) is 49.9 Å². The fraction of sp³-hybridized carbons (Fsp3) is 0.500. The smallest absolute Gasteiger partial charge is 0.243 e. The Hall–Kier alpha value is -3.00. The number of para-hydroxylation sites is 1. The van der Waals surface area contributed by atoms with Crippen molar-refractivity contribution in [3.63, 3.8) is 0 Å². The molecule has 4 rings (SSSR count). The van der Waals surface area contributed by atoms with Crippen molar-refractivity contribution in [3.8, 4) is 17.2 Å². The van der Waals surface area contributed by atoms with Crippen molar-refractivity contribution in [2.75, 3.05) is 33.2 Å². The SMILES string of the molecule is COc1cccc(OC)c1-n1c(NS(=O)(=O)[C@@H](C)[C@H](OC)c2ncc(Cl)cn2)nnc1[C@H]1CC[C@@H](OC)C1. The Morgan fingerprint density at radius 2 is 1.71 bits per heavy atom. The molecule has 2 aromatic heterocycles. The van der Waals surface area contributed by atoms with Crippen molar-refractivity contribution in [3.05, 3.63) is 47.3 Å². The predicted molar refractivity (Wildman–Crippen MR) is 141 cm³/mol. The van der Waals surface area contributed by atoms with Crippen LogP contribution in [-0.4, -0.2) is 72.9 Å². The molecule has 38 heavy (non-hydrogen) atoms. The summed E-state index contributed by atoms with van der Waals surface area (Å²) in [6.07, 6.45) is 4.24. The van der Waals surface area contributed by atoms with Crippen molar-refractivity contribution in [2.24, 2.45) is 0 Å². The standard InChI is InChI=1S/C24H31ClN6O6S/c1-14(21(37-5)22-26-12-16(25)13-27-22)38(32,33)30-24-29-28-23(15-9-10-17(11-15)34-2)31(24)20-18(35-3)7-6-8-19(20)36-4/h6-8,12-15,17,21H,9-11H2,1-5H3,(H,29,30)/t14-,15-,17+,21-/m0/s1. The van der Waals surface area contributed by atoms with Crippen LogP contribution >= 0.6 is 11.6 Å². The highest BCUT2D eigenvalue weighted by atomic mass is 35.5. The third-order valence-corrected chi connectivity index (χ3v) is 8.58. The van der Waals surface area contributed by atoms with Crippen LogP contribution in [0.15, 0.2) is 30.6 Å². The molecule has 2 heterocycles. The van der Waals surface area contributed by atoms with Gasteiger partial charge in [0.25, 0.3) is 0 Å². The van der Waals surface area contributed by atoms with Gasteiger partial charge in [0, 0.05) is 32.5 Å². The van der Waals surface area contributed by atoms with E-state index in [9.17, 15) is 8.42 Å². The number of ether oxygens (including phenoxy) is 4. The van der Waals surface area contributed by atoms with E-state index < -0.39 is 21.4 Å². The molecule has 0 aliphatic heterocycles. The van der Waals surface area contributed by atoms with Gasteiger partial charge in [-0.25, -0.2) is 18.4 Å². The fourth-order valence-corrected chi connectivity index (χ4v) is 5.88. The summed E-state index contributed by atoms with van der Waals surface area (Å²) in [5, 5.41) is 7.90. The molecule has 3 aromatic rings. The molecule has 0 bridgehead atoms. The number of rotatable bonds is 11. The molecule has 1 N–H and O–H groups in total. The highest BCUT2D eigenvalue weighted by Gasteiger charge is 2.37. The second-order valence-corrected chi connectivity index (χ2v) is 11.3. The molecule has 1 fully saturated rings. The van der Waals surface area contributed by atoms with Crippen LogP contribution in [0.25, 0.3) is 5.69 Å². The summed E-state index contributed by atoms with van der Waals surface area (Å²) in [4.78, 5) is 8.27. The lowest BCUT2D eigenvalue weighted by Gasteiger charge is -2.23. The Morgan fingerprint density at radius 3 is 2.26 bits per heavy atom. The van der Waals surface area contributed by atoms with Gasteiger partial charge in [-0.1, -0.05) is 17.7 Å². The Balaban J connectivity index is 1.78. The van der Waals surface area contributed by atoms with Gasteiger partial charge in [-0.3, -0.25) is 9.29 Å². The maximum atomic E-state index is 13.6. The lowest BCUT2D eigenvalue weighted by molar-refractivity contribution is 0.0950. The lowest BCUT2D eigenvalue weighted by atomic mass is 10.1. The molecular formula is C24H31ClN6O6S. The van der Waals surface area contributed by atoms with E-state index in [0.29, 0.717) is 28.0 Å². The molecule has 0 amide bonds. The van der Waals surface area contributed by atoms with Crippen LogP contribution in [0.3, 0.4) is 0 Å². The first-order valence-electron chi connectivity index (χ1n) is 11.9. The Labute approximate surface area is 226 Å². The van der Waals surface area contributed by atoms with Gasteiger partial charge in [-0.05, 0) is 38.3 Å². The van der Waals surface area contributed by atoms with Crippen molar-refractivity contribution >= 4 is 27.6 Å². The number of nitrogens with zero attached hydrogens (tertiary/aromatic N) is 5. The number of methoxy groups -OCH3 is 4. The number of hydrogen-bond acceptors (Lipinski definition) is 10. The van der Waals surface area contributed by atoms with E-state index in [-0.39, 0.29) is 23.8 Å². The first kappa shape index (κ1) is 28.0. The van der Waals surface area contributed by atoms with Gasteiger partial charge in [-0.2, -0.15) is 0 Å². The van der Waals surface area contributed by atoms with Crippen molar-refractivity contribution in [2.45, 2.75) is 49.6 Å². The highest BCUT2D eigenvalue weighted by Crippen LogP contribution is 2.41. The molecule has 206 valence electrons. The third-order valence-electron chi connectivity index (χ3n) is 6.69. The fourth-order valence-electron chi connectivity index (χ4n) is 4.65. The minimum absolute atomic E-state index is 0.0117. The quantitative estimate of drug-likeness (QED) is 0.366. The van der Waals surface area contributed by atoms with Gasteiger partial charge in [-0.15, -0.1) is 10.2 Å². The van der Waals surface area contributed by atoms with Gasteiger partial charge in [0.1, 0.15) is 34.4 Å². The molecule has 1 aliphatic carbocycles. The Kier molecular flexibility index (Phi) is 8.71. The molecule has 0 saturated heterocycles. The molecular weight excluding hydrogens is 536 g/mol. The maximum absolute atomic E-state index is 13.6.